The molecule has 0 rings (SSSR count). The molecule has 0 fully saturated rings. The normalized spacial score (nSPS) is 13.1. The first-order valence-corrected chi connectivity index (χ1v) is 6.55. The SMILES string of the molecule is CCCCC(CC)CN(CC)CC(N)=S. The summed E-state index contributed by atoms with van der Waals surface area (Å²) in [6, 6.07) is 0. The van der Waals surface area contributed by atoms with Gasteiger partial charge < -0.3 is 5.73 Å². The molecule has 1 atom stereocenters. The molecule has 2 nitrogen and oxygen atoms in total. The molecule has 3 heteroatoms. The van der Waals surface area contributed by atoms with E-state index in [1.54, 1.807) is 0 Å². The van der Waals surface area contributed by atoms with Crippen molar-refractivity contribution in [3.63, 3.8) is 0 Å². The van der Waals surface area contributed by atoms with Crippen LogP contribution in [-0.2, 0) is 0 Å². The third-order valence-electron chi connectivity index (χ3n) is 2.89. The third kappa shape index (κ3) is 7.74. The Morgan fingerprint density at radius 2 is 2.00 bits per heavy atom. The van der Waals surface area contributed by atoms with E-state index < -0.39 is 0 Å². The van der Waals surface area contributed by atoms with E-state index in [0.29, 0.717) is 4.99 Å². The van der Waals surface area contributed by atoms with Gasteiger partial charge in [0, 0.05) is 13.1 Å². The lowest BCUT2D eigenvalue weighted by Gasteiger charge is -2.25. The number of nitrogens with zero attached hydrogens (tertiary/aromatic N) is 1. The summed E-state index contributed by atoms with van der Waals surface area (Å²) in [6.45, 7) is 9.65. The van der Waals surface area contributed by atoms with Gasteiger partial charge in [-0.2, -0.15) is 0 Å². The van der Waals surface area contributed by atoms with E-state index in [2.05, 4.69) is 25.7 Å². The molecule has 1 unspecified atom stereocenters. The zero-order valence-electron chi connectivity index (χ0n) is 10.5. The lowest BCUT2D eigenvalue weighted by atomic mass is 9.99. The molecule has 0 aliphatic carbocycles. The van der Waals surface area contributed by atoms with Crippen LogP contribution in [0.4, 0.5) is 0 Å². The standard InChI is InChI=1S/C12H26N2S/c1-4-7-8-11(5-2)9-14(6-3)10-12(13)15/h11H,4-10H2,1-3H3,(H2,13,15). The topological polar surface area (TPSA) is 29.3 Å². The Labute approximate surface area is 100 Å². The van der Waals surface area contributed by atoms with Gasteiger partial charge in [-0.1, -0.05) is 52.3 Å². The van der Waals surface area contributed by atoms with Crippen LogP contribution < -0.4 is 5.73 Å². The Bertz CT molecular complexity index is 171. The minimum Gasteiger partial charge on any atom is -0.392 e. The molecule has 0 spiro atoms. The molecular weight excluding hydrogens is 204 g/mol. The second kappa shape index (κ2) is 9.10. The number of unbranched alkanes of at least 4 members (excludes halogenated alkanes) is 1. The first kappa shape index (κ1) is 14.8. The van der Waals surface area contributed by atoms with Crippen LogP contribution in [-0.4, -0.2) is 29.5 Å². The Balaban J connectivity index is 3.93. The Morgan fingerprint density at radius 3 is 2.40 bits per heavy atom. The molecule has 0 aromatic carbocycles. The lowest BCUT2D eigenvalue weighted by molar-refractivity contribution is 0.254. The van der Waals surface area contributed by atoms with Crippen LogP contribution in [0.3, 0.4) is 0 Å². The molecule has 0 heterocycles. The van der Waals surface area contributed by atoms with Crippen molar-refractivity contribution >= 4 is 17.2 Å². The van der Waals surface area contributed by atoms with Gasteiger partial charge in [0.15, 0.2) is 0 Å². The molecule has 0 aliphatic heterocycles. The van der Waals surface area contributed by atoms with Gasteiger partial charge >= 0.3 is 0 Å². The van der Waals surface area contributed by atoms with Crippen LogP contribution in [0.25, 0.3) is 0 Å². The highest BCUT2D eigenvalue weighted by Crippen LogP contribution is 2.14. The maximum absolute atomic E-state index is 5.58. The molecule has 0 aromatic rings. The number of rotatable bonds is 9. The largest absolute Gasteiger partial charge is 0.392 e. The summed E-state index contributed by atoms with van der Waals surface area (Å²) >= 11 is 4.95. The first-order chi connectivity index (χ1) is 7.13. The minimum atomic E-state index is 0.613. The predicted molar refractivity (Wildman–Crippen MR) is 72.2 cm³/mol. The fourth-order valence-electron chi connectivity index (χ4n) is 1.81. The van der Waals surface area contributed by atoms with E-state index in [4.69, 9.17) is 18.0 Å². The molecule has 0 saturated heterocycles. The van der Waals surface area contributed by atoms with E-state index in [0.717, 1.165) is 25.6 Å². The first-order valence-electron chi connectivity index (χ1n) is 6.14. The number of thiocarbonyl (C=S) groups is 1. The molecule has 2 N–H and O–H groups in total. The Kier molecular flexibility index (Phi) is 9.01. The van der Waals surface area contributed by atoms with Crippen LogP contribution in [0.5, 0.6) is 0 Å². The summed E-state index contributed by atoms with van der Waals surface area (Å²) < 4.78 is 0. The zero-order valence-corrected chi connectivity index (χ0v) is 11.3. The molecule has 0 aliphatic rings. The summed E-state index contributed by atoms with van der Waals surface area (Å²) in [5.41, 5.74) is 5.58. The van der Waals surface area contributed by atoms with Gasteiger partial charge in [-0.3, -0.25) is 4.90 Å². The average molecular weight is 230 g/mol. The summed E-state index contributed by atoms with van der Waals surface area (Å²) in [6.07, 6.45) is 5.22. The van der Waals surface area contributed by atoms with Crippen LogP contribution in [0.1, 0.15) is 46.5 Å². The summed E-state index contributed by atoms with van der Waals surface area (Å²) in [5.74, 6) is 0.805. The van der Waals surface area contributed by atoms with Crippen molar-refractivity contribution in [1.29, 1.82) is 0 Å². The highest BCUT2D eigenvalue weighted by Gasteiger charge is 2.11. The molecule has 0 radical (unpaired) electrons. The maximum Gasteiger partial charge on any atom is 0.0870 e. The predicted octanol–water partition coefficient (Wildman–Crippen LogP) is 2.81. The van der Waals surface area contributed by atoms with E-state index in [9.17, 15) is 0 Å². The van der Waals surface area contributed by atoms with Gasteiger partial charge in [0.05, 0.1) is 4.99 Å². The van der Waals surface area contributed by atoms with Gasteiger partial charge in [-0.05, 0) is 18.9 Å². The molecule has 0 aromatic heterocycles. The van der Waals surface area contributed by atoms with E-state index in [1.807, 2.05) is 0 Å². The summed E-state index contributed by atoms with van der Waals surface area (Å²) in [5, 5.41) is 0. The molecule has 0 bridgehead atoms. The van der Waals surface area contributed by atoms with E-state index in [1.165, 1.54) is 25.7 Å². The molecule has 90 valence electrons. The maximum atomic E-state index is 5.58. The molecule has 15 heavy (non-hydrogen) atoms. The monoisotopic (exact) mass is 230 g/mol. The van der Waals surface area contributed by atoms with Gasteiger partial charge in [0.25, 0.3) is 0 Å². The minimum absolute atomic E-state index is 0.613. The van der Waals surface area contributed by atoms with Gasteiger partial charge in [0.2, 0.25) is 0 Å². The van der Waals surface area contributed by atoms with Gasteiger partial charge in [-0.15, -0.1) is 0 Å². The van der Waals surface area contributed by atoms with Crippen LogP contribution in [0.15, 0.2) is 0 Å². The lowest BCUT2D eigenvalue weighted by Crippen LogP contribution is -2.36. The van der Waals surface area contributed by atoms with E-state index >= 15 is 0 Å². The fourth-order valence-corrected chi connectivity index (χ4v) is 1.99. The number of nitrogens with two attached hydrogens (primary N) is 1. The van der Waals surface area contributed by atoms with Crippen molar-refractivity contribution in [1.82, 2.24) is 4.90 Å². The van der Waals surface area contributed by atoms with Gasteiger partial charge in [0.1, 0.15) is 0 Å². The third-order valence-corrected chi connectivity index (χ3v) is 3.02. The summed E-state index contributed by atoms with van der Waals surface area (Å²) in [4.78, 5) is 2.97. The highest BCUT2D eigenvalue weighted by molar-refractivity contribution is 7.80. The Hall–Kier alpha value is -0.150. The zero-order chi connectivity index (χ0) is 11.7. The van der Waals surface area contributed by atoms with Crippen molar-refractivity contribution in [2.24, 2.45) is 11.7 Å². The number of likely N-dealkylation sites (N-methyl/N-ethyl adjacent to an activating group) is 1. The van der Waals surface area contributed by atoms with Crippen molar-refractivity contribution in [3.05, 3.63) is 0 Å². The van der Waals surface area contributed by atoms with Crippen molar-refractivity contribution in [3.8, 4) is 0 Å². The smallest absolute Gasteiger partial charge is 0.0870 e. The van der Waals surface area contributed by atoms with Crippen LogP contribution in [0, 0.1) is 5.92 Å². The van der Waals surface area contributed by atoms with Crippen LogP contribution >= 0.6 is 12.2 Å². The fraction of sp³-hybridized carbons (Fsp3) is 0.917. The van der Waals surface area contributed by atoms with E-state index in [-0.39, 0.29) is 0 Å². The highest BCUT2D eigenvalue weighted by atomic mass is 32.1. The van der Waals surface area contributed by atoms with Crippen molar-refractivity contribution in [2.45, 2.75) is 46.5 Å². The second-order valence-corrected chi connectivity index (χ2v) is 4.73. The second-order valence-electron chi connectivity index (χ2n) is 4.21. The van der Waals surface area contributed by atoms with Crippen LogP contribution in [0.2, 0.25) is 0 Å². The average Bonchev–Trinajstić information content (AvgIpc) is 2.21. The Morgan fingerprint density at radius 1 is 1.33 bits per heavy atom. The summed E-state index contributed by atoms with van der Waals surface area (Å²) in [7, 11) is 0. The molecule has 0 amide bonds. The quantitative estimate of drug-likeness (QED) is 0.618. The number of hydrogen-bond acceptors (Lipinski definition) is 2. The molecule has 0 saturated carbocycles. The van der Waals surface area contributed by atoms with Crippen molar-refractivity contribution < 1.29 is 0 Å². The van der Waals surface area contributed by atoms with Gasteiger partial charge in [-0.25, -0.2) is 0 Å². The number of hydrogen-bond donors (Lipinski definition) is 1. The molecular formula is C12H26N2S. The van der Waals surface area contributed by atoms with Crippen molar-refractivity contribution in [2.75, 3.05) is 19.6 Å².